The molecule has 1 saturated heterocycles. The molecule has 2 heterocycles. The fraction of sp³-hybridized carbons (Fsp3) is 0.471. The number of aliphatic carboxylic acids is 1. The van der Waals surface area contributed by atoms with E-state index in [-0.39, 0.29) is 12.0 Å². The molecule has 0 atom stereocenters. The third-order valence-electron chi connectivity index (χ3n) is 4.39. The number of carbonyl (C=O) groups is 1. The number of ether oxygens (including phenoxy) is 1. The Kier molecular flexibility index (Phi) is 3.72. The predicted octanol–water partition coefficient (Wildman–Crippen LogP) is 2.71. The number of rotatable bonds is 3. The Morgan fingerprint density at radius 3 is 2.86 bits per heavy atom. The van der Waals surface area contributed by atoms with Crippen molar-refractivity contribution in [3.8, 4) is 5.75 Å². The largest absolute Gasteiger partial charge is 0.482 e. The first-order chi connectivity index (χ1) is 10.1. The molecule has 2 aliphatic rings. The van der Waals surface area contributed by atoms with Crippen molar-refractivity contribution in [1.82, 2.24) is 4.90 Å². The van der Waals surface area contributed by atoms with Gasteiger partial charge in [-0.25, -0.2) is 0 Å². The lowest BCUT2D eigenvalue weighted by Gasteiger charge is -2.41. The summed E-state index contributed by atoms with van der Waals surface area (Å²) in [5, 5.41) is 8.76. The molecule has 1 aromatic carbocycles. The van der Waals surface area contributed by atoms with Crippen LogP contribution in [0.5, 0.6) is 5.75 Å². The van der Waals surface area contributed by atoms with Crippen LogP contribution in [0.2, 0.25) is 0 Å². The number of carboxylic acids is 1. The molecule has 1 N–H and O–H groups in total. The number of piperidine rings is 1. The predicted molar refractivity (Wildman–Crippen MR) is 81.5 cm³/mol. The van der Waals surface area contributed by atoms with E-state index in [2.05, 4.69) is 36.1 Å². The van der Waals surface area contributed by atoms with Crippen LogP contribution < -0.4 is 4.74 Å². The second-order valence-electron chi connectivity index (χ2n) is 6.03. The van der Waals surface area contributed by atoms with Crippen molar-refractivity contribution < 1.29 is 14.6 Å². The van der Waals surface area contributed by atoms with E-state index >= 15 is 0 Å². The first-order valence-corrected chi connectivity index (χ1v) is 7.49. The lowest BCUT2D eigenvalue weighted by Crippen LogP contribution is -2.48. The molecule has 0 amide bonds. The van der Waals surface area contributed by atoms with Crippen molar-refractivity contribution in [1.29, 1.82) is 0 Å². The van der Waals surface area contributed by atoms with Gasteiger partial charge in [0.05, 0.1) is 6.42 Å². The number of likely N-dealkylation sites (tertiary alicyclic amines) is 1. The van der Waals surface area contributed by atoms with Crippen LogP contribution in [0, 0.1) is 6.92 Å². The van der Waals surface area contributed by atoms with Crippen LogP contribution in [-0.2, 0) is 4.79 Å². The molecule has 2 aliphatic heterocycles. The molecule has 0 radical (unpaired) electrons. The zero-order chi connectivity index (χ0) is 14.9. The summed E-state index contributed by atoms with van der Waals surface area (Å²) < 4.78 is 6.26. The van der Waals surface area contributed by atoms with Gasteiger partial charge in [0.15, 0.2) is 0 Å². The summed E-state index contributed by atoms with van der Waals surface area (Å²) in [6.07, 6.45) is 6.39. The maximum Gasteiger partial charge on any atom is 0.304 e. The van der Waals surface area contributed by atoms with Crippen LogP contribution in [0.3, 0.4) is 0 Å². The van der Waals surface area contributed by atoms with Gasteiger partial charge in [-0.2, -0.15) is 0 Å². The van der Waals surface area contributed by atoms with Gasteiger partial charge in [-0.15, -0.1) is 0 Å². The highest BCUT2D eigenvalue weighted by Crippen LogP contribution is 2.37. The van der Waals surface area contributed by atoms with Gasteiger partial charge < -0.3 is 14.7 Å². The maximum absolute atomic E-state index is 10.6. The number of aryl methyl sites for hydroxylation is 1. The van der Waals surface area contributed by atoms with Gasteiger partial charge in [0.1, 0.15) is 11.4 Å². The van der Waals surface area contributed by atoms with Crippen LogP contribution in [0.15, 0.2) is 24.3 Å². The van der Waals surface area contributed by atoms with Crippen LogP contribution in [0.25, 0.3) is 6.08 Å². The van der Waals surface area contributed by atoms with Gasteiger partial charge in [0.25, 0.3) is 0 Å². The lowest BCUT2D eigenvalue weighted by molar-refractivity contribution is -0.137. The van der Waals surface area contributed by atoms with E-state index < -0.39 is 5.97 Å². The number of nitrogens with zero attached hydrogens (tertiary/aromatic N) is 1. The highest BCUT2D eigenvalue weighted by atomic mass is 16.5. The molecule has 0 aromatic heterocycles. The summed E-state index contributed by atoms with van der Waals surface area (Å²) in [4.78, 5) is 12.8. The Morgan fingerprint density at radius 1 is 1.38 bits per heavy atom. The van der Waals surface area contributed by atoms with E-state index in [9.17, 15) is 4.79 Å². The minimum atomic E-state index is -0.728. The SMILES string of the molecule is Cc1ccc2c(c1)C=CC1(CCN(CCC(=O)O)CC1)O2. The van der Waals surface area contributed by atoms with Gasteiger partial charge in [0.2, 0.25) is 0 Å². The molecule has 21 heavy (non-hydrogen) atoms. The smallest absolute Gasteiger partial charge is 0.304 e. The molecule has 1 aromatic rings. The Labute approximate surface area is 125 Å². The number of benzene rings is 1. The molecule has 3 rings (SSSR count). The maximum atomic E-state index is 10.6. The molecular weight excluding hydrogens is 266 g/mol. The van der Waals surface area contributed by atoms with E-state index in [1.165, 1.54) is 5.56 Å². The summed E-state index contributed by atoms with van der Waals surface area (Å²) in [6, 6.07) is 6.26. The van der Waals surface area contributed by atoms with Crippen LogP contribution in [-0.4, -0.2) is 41.2 Å². The molecular formula is C17H21NO3. The van der Waals surface area contributed by atoms with Crippen molar-refractivity contribution >= 4 is 12.0 Å². The fourth-order valence-corrected chi connectivity index (χ4v) is 3.06. The molecule has 0 bridgehead atoms. The average molecular weight is 287 g/mol. The van der Waals surface area contributed by atoms with Crippen LogP contribution in [0.1, 0.15) is 30.4 Å². The molecule has 4 nitrogen and oxygen atoms in total. The molecule has 1 spiro atoms. The normalized spacial score (nSPS) is 20.0. The summed E-state index contributed by atoms with van der Waals surface area (Å²) in [7, 11) is 0. The Hall–Kier alpha value is -1.81. The Morgan fingerprint density at radius 2 is 2.14 bits per heavy atom. The van der Waals surface area contributed by atoms with Crippen molar-refractivity contribution in [2.24, 2.45) is 0 Å². The minimum Gasteiger partial charge on any atom is -0.482 e. The topological polar surface area (TPSA) is 49.8 Å². The van der Waals surface area contributed by atoms with Gasteiger partial charge in [-0.05, 0) is 25.1 Å². The number of hydrogen-bond donors (Lipinski definition) is 1. The molecule has 4 heteroatoms. The quantitative estimate of drug-likeness (QED) is 0.928. The van der Waals surface area contributed by atoms with Crippen molar-refractivity contribution in [2.75, 3.05) is 19.6 Å². The highest BCUT2D eigenvalue weighted by molar-refractivity contribution is 5.66. The van der Waals surface area contributed by atoms with E-state index in [1.54, 1.807) is 0 Å². The molecule has 0 aliphatic carbocycles. The van der Waals surface area contributed by atoms with Crippen LogP contribution in [0.4, 0.5) is 0 Å². The lowest BCUT2D eigenvalue weighted by atomic mass is 9.88. The minimum absolute atomic E-state index is 0.206. The summed E-state index contributed by atoms with van der Waals surface area (Å²) in [6.45, 7) is 4.49. The second kappa shape index (κ2) is 5.53. The molecule has 0 saturated carbocycles. The van der Waals surface area contributed by atoms with Crippen LogP contribution >= 0.6 is 0 Å². The summed E-state index contributed by atoms with van der Waals surface area (Å²) in [5.41, 5.74) is 2.18. The number of fused-ring (bicyclic) bond motifs is 1. The monoisotopic (exact) mass is 287 g/mol. The summed E-state index contributed by atoms with van der Waals surface area (Å²) in [5.74, 6) is 0.232. The average Bonchev–Trinajstić information content (AvgIpc) is 2.47. The first kappa shape index (κ1) is 14.1. The number of hydrogen-bond acceptors (Lipinski definition) is 3. The highest BCUT2D eigenvalue weighted by Gasteiger charge is 2.36. The second-order valence-corrected chi connectivity index (χ2v) is 6.03. The van der Waals surface area contributed by atoms with E-state index in [0.717, 1.165) is 37.2 Å². The van der Waals surface area contributed by atoms with E-state index in [0.29, 0.717) is 6.54 Å². The van der Waals surface area contributed by atoms with E-state index in [1.807, 2.05) is 6.07 Å². The Balaban J connectivity index is 1.64. The Bertz CT molecular complexity index is 571. The zero-order valence-electron chi connectivity index (χ0n) is 12.3. The number of carboxylic acid groups (broad SMARTS) is 1. The molecule has 0 unspecified atom stereocenters. The molecule has 1 fully saturated rings. The van der Waals surface area contributed by atoms with Gasteiger partial charge >= 0.3 is 5.97 Å². The van der Waals surface area contributed by atoms with Crippen molar-refractivity contribution in [2.45, 2.75) is 31.8 Å². The first-order valence-electron chi connectivity index (χ1n) is 7.49. The van der Waals surface area contributed by atoms with Crippen molar-refractivity contribution in [3.63, 3.8) is 0 Å². The third-order valence-corrected chi connectivity index (χ3v) is 4.39. The van der Waals surface area contributed by atoms with Crippen molar-refractivity contribution in [3.05, 3.63) is 35.4 Å². The van der Waals surface area contributed by atoms with E-state index in [4.69, 9.17) is 9.84 Å². The zero-order valence-corrected chi connectivity index (χ0v) is 12.3. The van der Waals surface area contributed by atoms with Gasteiger partial charge in [-0.1, -0.05) is 17.7 Å². The van der Waals surface area contributed by atoms with Gasteiger partial charge in [-0.3, -0.25) is 4.79 Å². The fourth-order valence-electron chi connectivity index (χ4n) is 3.06. The standard InChI is InChI=1S/C17H21NO3/c1-13-2-3-15-14(12-13)4-6-17(21-15)7-10-18(11-8-17)9-5-16(19)20/h2-4,6,12H,5,7-11H2,1H3,(H,19,20). The third kappa shape index (κ3) is 3.10. The van der Waals surface area contributed by atoms with Gasteiger partial charge in [0, 0.05) is 38.0 Å². The summed E-state index contributed by atoms with van der Waals surface area (Å²) >= 11 is 0. The molecule has 112 valence electrons.